The van der Waals surface area contributed by atoms with Gasteiger partial charge in [0.1, 0.15) is 0 Å². The molecule has 88 valence electrons. The fourth-order valence-electron chi connectivity index (χ4n) is 1.04. The van der Waals surface area contributed by atoms with Gasteiger partial charge in [-0.1, -0.05) is 22.9 Å². The normalized spacial score (nSPS) is 10.9. The molecule has 1 aromatic heterocycles. The molecule has 1 rings (SSSR count). The molecule has 0 aliphatic heterocycles. The minimum absolute atomic E-state index is 0.168. The van der Waals surface area contributed by atoms with E-state index in [1.54, 1.807) is 13.8 Å². The molecular formula is C9H11ClN2O2S2. The number of halogens is 1. The average Bonchev–Trinajstić information content (AvgIpc) is 2.53. The Morgan fingerprint density at radius 1 is 1.56 bits per heavy atom. The summed E-state index contributed by atoms with van der Waals surface area (Å²) in [6.45, 7) is 3.61. The summed E-state index contributed by atoms with van der Waals surface area (Å²) in [5, 5.41) is 0. The maximum Gasteiger partial charge on any atom is 0.252 e. The van der Waals surface area contributed by atoms with Crippen molar-refractivity contribution in [3.05, 3.63) is 10.2 Å². The Morgan fingerprint density at radius 3 is 2.75 bits per heavy atom. The first-order valence-electron chi connectivity index (χ1n) is 4.49. The number of hydrogen-bond donors (Lipinski definition) is 1. The Kier molecular flexibility index (Phi) is 4.74. The van der Waals surface area contributed by atoms with Crippen LogP contribution in [0, 0.1) is 18.8 Å². The molecule has 0 saturated heterocycles. The molecule has 0 radical (unpaired) electrons. The van der Waals surface area contributed by atoms with E-state index in [1.165, 1.54) is 0 Å². The summed E-state index contributed by atoms with van der Waals surface area (Å²) in [7, 11) is -3.50. The zero-order valence-electron chi connectivity index (χ0n) is 8.87. The van der Waals surface area contributed by atoms with E-state index in [-0.39, 0.29) is 15.2 Å². The van der Waals surface area contributed by atoms with Crippen molar-refractivity contribution in [2.24, 2.45) is 0 Å². The van der Waals surface area contributed by atoms with Gasteiger partial charge in [0, 0.05) is 13.0 Å². The van der Waals surface area contributed by atoms with Crippen molar-refractivity contribution in [2.45, 2.75) is 24.5 Å². The van der Waals surface area contributed by atoms with E-state index in [0.29, 0.717) is 12.1 Å². The van der Waals surface area contributed by atoms with E-state index >= 15 is 0 Å². The van der Waals surface area contributed by atoms with Crippen LogP contribution in [0.15, 0.2) is 4.21 Å². The van der Waals surface area contributed by atoms with Crippen LogP contribution in [0.3, 0.4) is 0 Å². The molecule has 0 atom stereocenters. The molecule has 0 bridgehead atoms. The lowest BCUT2D eigenvalue weighted by Gasteiger charge is -2.02. The van der Waals surface area contributed by atoms with Crippen LogP contribution in [0.2, 0.25) is 4.47 Å². The molecule has 16 heavy (non-hydrogen) atoms. The monoisotopic (exact) mass is 278 g/mol. The number of nitrogens with one attached hydrogen (secondary N) is 1. The standard InChI is InChI=1S/C9H11ClN2O2S2/c1-3-4-5-6-11-16(13,14)8-7(2)12-9(10)15-8/h11H,5-6H2,1-2H3. The summed E-state index contributed by atoms with van der Waals surface area (Å²) in [6, 6.07) is 0. The second kappa shape index (κ2) is 5.64. The van der Waals surface area contributed by atoms with Gasteiger partial charge in [-0.15, -0.1) is 11.8 Å². The Hall–Kier alpha value is -0.610. The molecule has 7 heteroatoms. The van der Waals surface area contributed by atoms with Crippen molar-refractivity contribution in [2.75, 3.05) is 6.54 Å². The molecule has 0 amide bonds. The zero-order valence-corrected chi connectivity index (χ0v) is 11.3. The third kappa shape index (κ3) is 3.46. The summed E-state index contributed by atoms with van der Waals surface area (Å²) in [6.07, 6.45) is 0.487. The van der Waals surface area contributed by atoms with Crippen molar-refractivity contribution >= 4 is 33.0 Å². The van der Waals surface area contributed by atoms with Crippen LogP contribution in [0.25, 0.3) is 0 Å². The van der Waals surface area contributed by atoms with E-state index in [2.05, 4.69) is 21.5 Å². The van der Waals surface area contributed by atoms with E-state index in [0.717, 1.165) is 11.3 Å². The molecule has 1 heterocycles. The number of thiazole rings is 1. The predicted octanol–water partition coefficient (Wildman–Crippen LogP) is 1.80. The van der Waals surface area contributed by atoms with Crippen LogP contribution in [0.4, 0.5) is 0 Å². The van der Waals surface area contributed by atoms with Gasteiger partial charge in [0.2, 0.25) is 0 Å². The Balaban J connectivity index is 2.77. The quantitative estimate of drug-likeness (QED) is 0.675. The van der Waals surface area contributed by atoms with Crippen LogP contribution in [0.5, 0.6) is 0 Å². The number of aromatic nitrogens is 1. The van der Waals surface area contributed by atoms with E-state index < -0.39 is 10.0 Å². The van der Waals surface area contributed by atoms with Crippen molar-refractivity contribution < 1.29 is 8.42 Å². The number of aryl methyl sites for hydroxylation is 1. The van der Waals surface area contributed by atoms with Crippen molar-refractivity contribution in [3.8, 4) is 11.8 Å². The number of nitrogens with zero attached hydrogens (tertiary/aromatic N) is 1. The first kappa shape index (κ1) is 13.5. The first-order chi connectivity index (χ1) is 7.47. The Morgan fingerprint density at radius 2 is 2.25 bits per heavy atom. The van der Waals surface area contributed by atoms with Gasteiger partial charge in [0.25, 0.3) is 10.0 Å². The van der Waals surface area contributed by atoms with Crippen LogP contribution >= 0.6 is 22.9 Å². The number of sulfonamides is 1. The van der Waals surface area contributed by atoms with Crippen molar-refractivity contribution in [1.82, 2.24) is 9.71 Å². The molecule has 0 aliphatic rings. The highest BCUT2D eigenvalue weighted by molar-refractivity contribution is 7.91. The predicted molar refractivity (Wildman–Crippen MR) is 65.1 cm³/mol. The second-order valence-electron chi connectivity index (χ2n) is 2.91. The maximum atomic E-state index is 11.8. The molecule has 0 aliphatic carbocycles. The van der Waals surface area contributed by atoms with Gasteiger partial charge in [-0.25, -0.2) is 18.1 Å². The third-order valence-electron chi connectivity index (χ3n) is 1.69. The molecule has 1 aromatic rings. The lowest BCUT2D eigenvalue weighted by atomic mass is 10.4. The first-order valence-corrected chi connectivity index (χ1v) is 7.17. The topological polar surface area (TPSA) is 59.1 Å². The van der Waals surface area contributed by atoms with Gasteiger partial charge in [0.05, 0.1) is 5.69 Å². The minimum atomic E-state index is -3.50. The number of hydrogen-bond acceptors (Lipinski definition) is 4. The van der Waals surface area contributed by atoms with E-state index in [1.807, 2.05) is 0 Å². The van der Waals surface area contributed by atoms with Crippen molar-refractivity contribution in [1.29, 1.82) is 0 Å². The highest BCUT2D eigenvalue weighted by atomic mass is 35.5. The second-order valence-corrected chi connectivity index (χ2v) is 6.46. The Labute approximate surface area is 104 Å². The van der Waals surface area contributed by atoms with Gasteiger partial charge < -0.3 is 0 Å². The molecule has 0 unspecified atom stereocenters. The van der Waals surface area contributed by atoms with Crippen LogP contribution in [0.1, 0.15) is 19.0 Å². The molecule has 4 nitrogen and oxygen atoms in total. The maximum absolute atomic E-state index is 11.8. The van der Waals surface area contributed by atoms with Gasteiger partial charge in [-0.3, -0.25) is 0 Å². The summed E-state index contributed by atoms with van der Waals surface area (Å²) in [5.74, 6) is 5.47. The molecule has 1 N–H and O–H groups in total. The van der Waals surface area contributed by atoms with Crippen LogP contribution in [-0.2, 0) is 10.0 Å². The minimum Gasteiger partial charge on any atom is -0.229 e. The molecular weight excluding hydrogens is 268 g/mol. The SMILES string of the molecule is CC#CCCNS(=O)(=O)c1sc(Cl)nc1C. The van der Waals surface area contributed by atoms with Crippen LogP contribution in [-0.4, -0.2) is 19.9 Å². The van der Waals surface area contributed by atoms with Gasteiger partial charge in [-0.05, 0) is 13.8 Å². The molecule has 0 aromatic carbocycles. The molecule has 0 spiro atoms. The van der Waals surface area contributed by atoms with E-state index in [9.17, 15) is 8.42 Å². The molecule has 0 saturated carbocycles. The fraction of sp³-hybridized carbons (Fsp3) is 0.444. The Bertz CT molecular complexity index is 525. The van der Waals surface area contributed by atoms with Crippen LogP contribution < -0.4 is 4.72 Å². The molecule has 0 fully saturated rings. The van der Waals surface area contributed by atoms with E-state index in [4.69, 9.17) is 11.6 Å². The van der Waals surface area contributed by atoms with Gasteiger partial charge in [-0.2, -0.15) is 0 Å². The van der Waals surface area contributed by atoms with Gasteiger partial charge >= 0.3 is 0 Å². The summed E-state index contributed by atoms with van der Waals surface area (Å²) >= 11 is 6.60. The van der Waals surface area contributed by atoms with Crippen molar-refractivity contribution in [3.63, 3.8) is 0 Å². The highest BCUT2D eigenvalue weighted by Gasteiger charge is 2.20. The smallest absolute Gasteiger partial charge is 0.229 e. The highest BCUT2D eigenvalue weighted by Crippen LogP contribution is 2.26. The fourth-order valence-corrected chi connectivity index (χ4v) is 3.85. The third-order valence-corrected chi connectivity index (χ3v) is 5.02. The number of rotatable bonds is 4. The zero-order chi connectivity index (χ0) is 12.2. The summed E-state index contributed by atoms with van der Waals surface area (Å²) in [4.78, 5) is 3.86. The lowest BCUT2D eigenvalue weighted by Crippen LogP contribution is -2.24. The summed E-state index contributed by atoms with van der Waals surface area (Å²) in [5.41, 5.74) is 0.420. The average molecular weight is 279 g/mol. The van der Waals surface area contributed by atoms with Gasteiger partial charge in [0.15, 0.2) is 8.68 Å². The summed E-state index contributed by atoms with van der Waals surface area (Å²) < 4.78 is 26.4. The largest absolute Gasteiger partial charge is 0.252 e. The lowest BCUT2D eigenvalue weighted by molar-refractivity contribution is 0.584.